The van der Waals surface area contributed by atoms with Crippen LogP contribution in [0.4, 0.5) is 11.5 Å². The van der Waals surface area contributed by atoms with Gasteiger partial charge in [0.05, 0.1) is 11.1 Å². The number of fused-ring (bicyclic) bond motifs is 1. The summed E-state index contributed by atoms with van der Waals surface area (Å²) in [6, 6.07) is 9.44. The number of carbonyl (C=O) groups is 1. The Hall–Kier alpha value is -2.53. The van der Waals surface area contributed by atoms with Crippen molar-refractivity contribution < 1.29 is 4.79 Å². The number of hydrogen-bond donors (Lipinski definition) is 1. The first-order valence-corrected chi connectivity index (χ1v) is 8.68. The van der Waals surface area contributed by atoms with Gasteiger partial charge in [0.2, 0.25) is 0 Å². The van der Waals surface area contributed by atoms with Crippen LogP contribution in [0.5, 0.6) is 0 Å². The molecule has 0 aliphatic rings. The first-order chi connectivity index (χ1) is 12.0. The molecule has 5 nitrogen and oxygen atoms in total. The second-order valence-corrected chi connectivity index (χ2v) is 6.26. The molecule has 2 aromatic heterocycles. The van der Waals surface area contributed by atoms with Gasteiger partial charge in [0.15, 0.2) is 0 Å². The Morgan fingerprint density at radius 3 is 2.72 bits per heavy atom. The number of amides is 1. The van der Waals surface area contributed by atoms with E-state index in [-0.39, 0.29) is 5.91 Å². The number of aryl methyl sites for hydroxylation is 1. The molecule has 0 radical (unpaired) electrons. The summed E-state index contributed by atoms with van der Waals surface area (Å²) in [5, 5.41) is 4.85. The van der Waals surface area contributed by atoms with Crippen LogP contribution in [0.1, 0.15) is 24.2 Å². The van der Waals surface area contributed by atoms with Gasteiger partial charge in [0.1, 0.15) is 5.82 Å². The molecule has 0 saturated heterocycles. The van der Waals surface area contributed by atoms with Crippen LogP contribution in [0.25, 0.3) is 10.9 Å². The molecule has 0 spiro atoms. The summed E-state index contributed by atoms with van der Waals surface area (Å²) in [5.74, 6) is 0.701. The number of nitrogens with one attached hydrogen (secondary N) is 1. The van der Waals surface area contributed by atoms with Crippen LogP contribution in [0, 0.1) is 0 Å². The molecule has 0 fully saturated rings. The number of nitrogens with zero attached hydrogens (tertiary/aromatic N) is 3. The summed E-state index contributed by atoms with van der Waals surface area (Å²) in [5.41, 5.74) is 2.34. The highest BCUT2D eigenvalue weighted by molar-refractivity contribution is 6.30. The summed E-state index contributed by atoms with van der Waals surface area (Å²) < 4.78 is 1.96. The fraction of sp³-hybridized carbons (Fsp3) is 0.263. The molecule has 3 aromatic rings. The molecule has 6 heteroatoms. The number of aromatic nitrogens is 2. The van der Waals surface area contributed by atoms with E-state index in [0.29, 0.717) is 29.5 Å². The van der Waals surface area contributed by atoms with Gasteiger partial charge in [-0.05, 0) is 38.1 Å². The second-order valence-electron chi connectivity index (χ2n) is 5.82. The smallest absolute Gasteiger partial charge is 0.257 e. The van der Waals surface area contributed by atoms with Crippen molar-refractivity contribution in [1.82, 2.24) is 14.5 Å². The molecule has 0 bridgehead atoms. The largest absolute Gasteiger partial charge is 0.350 e. The molecule has 1 N–H and O–H groups in total. The zero-order valence-electron chi connectivity index (χ0n) is 14.6. The SMILES string of the molecule is CCN(CC)C(=O)c1cnc(Nc2cccc(Cl)c2)c2ccn(C)c12. The maximum Gasteiger partial charge on any atom is 0.257 e. The van der Waals surface area contributed by atoms with Gasteiger partial charge in [0.25, 0.3) is 5.91 Å². The Kier molecular flexibility index (Phi) is 4.95. The van der Waals surface area contributed by atoms with Crippen LogP contribution in [-0.4, -0.2) is 33.4 Å². The van der Waals surface area contributed by atoms with Gasteiger partial charge >= 0.3 is 0 Å². The fourth-order valence-corrected chi connectivity index (χ4v) is 3.15. The van der Waals surface area contributed by atoms with Crippen molar-refractivity contribution in [1.29, 1.82) is 0 Å². The van der Waals surface area contributed by atoms with Crippen LogP contribution >= 0.6 is 11.6 Å². The lowest BCUT2D eigenvalue weighted by Crippen LogP contribution is -2.31. The summed E-state index contributed by atoms with van der Waals surface area (Å²) in [7, 11) is 1.94. The third kappa shape index (κ3) is 3.33. The molecule has 0 aliphatic carbocycles. The zero-order valence-corrected chi connectivity index (χ0v) is 15.3. The lowest BCUT2D eigenvalue weighted by atomic mass is 10.1. The Morgan fingerprint density at radius 2 is 2.04 bits per heavy atom. The Morgan fingerprint density at radius 1 is 1.28 bits per heavy atom. The molecular formula is C19H21ClN4O. The van der Waals surface area contributed by atoms with Crippen molar-refractivity contribution in [3.05, 3.63) is 53.3 Å². The van der Waals surface area contributed by atoms with Crippen molar-refractivity contribution in [2.45, 2.75) is 13.8 Å². The van der Waals surface area contributed by atoms with Crippen molar-refractivity contribution in [3.8, 4) is 0 Å². The Bertz CT molecular complexity index is 915. The molecule has 1 amide bonds. The maximum atomic E-state index is 12.8. The van der Waals surface area contributed by atoms with E-state index in [1.54, 1.807) is 11.1 Å². The van der Waals surface area contributed by atoms with Crippen LogP contribution in [-0.2, 0) is 7.05 Å². The third-order valence-electron chi connectivity index (χ3n) is 4.27. The summed E-state index contributed by atoms with van der Waals surface area (Å²) in [6.45, 7) is 5.30. The van der Waals surface area contributed by atoms with Gasteiger partial charge in [-0.1, -0.05) is 17.7 Å². The first kappa shape index (κ1) is 17.3. The summed E-state index contributed by atoms with van der Waals surface area (Å²) in [6.07, 6.45) is 3.59. The minimum Gasteiger partial charge on any atom is -0.350 e. The minimum atomic E-state index is -0.00129. The average Bonchev–Trinajstić information content (AvgIpc) is 2.99. The van der Waals surface area contributed by atoms with Gasteiger partial charge in [-0.15, -0.1) is 0 Å². The van der Waals surface area contributed by atoms with E-state index in [2.05, 4.69) is 10.3 Å². The molecule has 25 heavy (non-hydrogen) atoms. The summed E-state index contributed by atoms with van der Waals surface area (Å²) in [4.78, 5) is 19.1. The van der Waals surface area contributed by atoms with Crippen LogP contribution in [0.2, 0.25) is 5.02 Å². The number of hydrogen-bond acceptors (Lipinski definition) is 3. The maximum absolute atomic E-state index is 12.8. The van der Waals surface area contributed by atoms with Gasteiger partial charge in [0, 0.05) is 48.6 Å². The van der Waals surface area contributed by atoms with Crippen molar-refractivity contribution in [2.75, 3.05) is 18.4 Å². The van der Waals surface area contributed by atoms with E-state index in [9.17, 15) is 4.79 Å². The van der Waals surface area contributed by atoms with E-state index >= 15 is 0 Å². The molecule has 3 rings (SSSR count). The first-order valence-electron chi connectivity index (χ1n) is 8.31. The molecule has 2 heterocycles. The molecule has 0 unspecified atom stereocenters. The fourth-order valence-electron chi connectivity index (χ4n) is 2.96. The monoisotopic (exact) mass is 356 g/mol. The predicted molar refractivity (Wildman–Crippen MR) is 103 cm³/mol. The third-order valence-corrected chi connectivity index (χ3v) is 4.51. The highest BCUT2D eigenvalue weighted by Gasteiger charge is 2.20. The number of pyridine rings is 1. The molecule has 0 atom stereocenters. The van der Waals surface area contributed by atoms with E-state index in [4.69, 9.17) is 11.6 Å². The Labute approximate surface area is 152 Å². The lowest BCUT2D eigenvalue weighted by Gasteiger charge is -2.20. The highest BCUT2D eigenvalue weighted by atomic mass is 35.5. The Balaban J connectivity index is 2.06. The topological polar surface area (TPSA) is 50.2 Å². The van der Waals surface area contributed by atoms with E-state index in [1.165, 1.54) is 0 Å². The van der Waals surface area contributed by atoms with E-state index < -0.39 is 0 Å². The van der Waals surface area contributed by atoms with Crippen molar-refractivity contribution >= 4 is 39.9 Å². The number of anilines is 2. The molecular weight excluding hydrogens is 336 g/mol. The summed E-state index contributed by atoms with van der Waals surface area (Å²) >= 11 is 6.05. The van der Waals surface area contributed by atoms with E-state index in [1.807, 2.05) is 62.0 Å². The predicted octanol–water partition coefficient (Wildman–Crippen LogP) is 4.45. The van der Waals surface area contributed by atoms with Crippen molar-refractivity contribution in [3.63, 3.8) is 0 Å². The van der Waals surface area contributed by atoms with Crippen LogP contribution in [0.3, 0.4) is 0 Å². The number of benzene rings is 1. The standard InChI is InChI=1S/C19H21ClN4O/c1-4-24(5-2)19(25)16-12-21-18(15-9-10-23(3)17(15)16)22-14-8-6-7-13(20)11-14/h6-12H,4-5H2,1-3H3,(H,21,22). The van der Waals surface area contributed by atoms with Crippen molar-refractivity contribution in [2.24, 2.45) is 7.05 Å². The number of rotatable bonds is 5. The minimum absolute atomic E-state index is 0.00129. The molecule has 0 aliphatic heterocycles. The normalized spacial score (nSPS) is 10.9. The lowest BCUT2D eigenvalue weighted by molar-refractivity contribution is 0.0774. The zero-order chi connectivity index (χ0) is 18.0. The van der Waals surface area contributed by atoms with Gasteiger partial charge in [-0.3, -0.25) is 4.79 Å². The average molecular weight is 357 g/mol. The quantitative estimate of drug-likeness (QED) is 0.734. The number of halogens is 1. The van der Waals surface area contributed by atoms with E-state index in [0.717, 1.165) is 16.6 Å². The van der Waals surface area contributed by atoms with Gasteiger partial charge in [-0.2, -0.15) is 0 Å². The highest BCUT2D eigenvalue weighted by Crippen LogP contribution is 2.29. The van der Waals surface area contributed by atoms with Crippen LogP contribution < -0.4 is 5.32 Å². The van der Waals surface area contributed by atoms with Gasteiger partial charge < -0.3 is 14.8 Å². The second kappa shape index (κ2) is 7.15. The molecule has 1 aromatic carbocycles. The molecule has 130 valence electrons. The van der Waals surface area contributed by atoms with Crippen LogP contribution in [0.15, 0.2) is 42.7 Å². The van der Waals surface area contributed by atoms with Gasteiger partial charge in [-0.25, -0.2) is 4.98 Å². The number of carbonyl (C=O) groups excluding carboxylic acids is 1. The molecule has 0 saturated carbocycles.